The van der Waals surface area contributed by atoms with Crippen molar-refractivity contribution >= 4 is 23.9 Å². The number of unbranched alkanes of at least 4 members (excludes halogenated alkanes) is 42. The molecule has 0 spiro atoms. The number of aliphatic carboxylic acids is 1. The predicted molar refractivity (Wildman–Crippen MR) is 331 cm³/mol. The van der Waals surface area contributed by atoms with Gasteiger partial charge in [0.05, 0.1) is 6.61 Å². The number of aliphatic hydroxyl groups excluding tert-OH is 2. The van der Waals surface area contributed by atoms with Crippen molar-refractivity contribution in [2.75, 3.05) is 13.2 Å². The average Bonchev–Trinajstić information content (AvgIpc) is 3.53. The number of carboxylic acids is 1. The molecule has 1 rings (SSSR count). The second-order valence-corrected chi connectivity index (χ2v) is 23.8. The summed E-state index contributed by atoms with van der Waals surface area (Å²) in [6.45, 7) is 6.04. The summed E-state index contributed by atoms with van der Waals surface area (Å²) in [6.07, 6.45) is 55.6. The fourth-order valence-electron chi connectivity index (χ4n) is 10.7. The van der Waals surface area contributed by atoms with Gasteiger partial charge in [-0.3, -0.25) is 14.4 Å². The van der Waals surface area contributed by atoms with E-state index in [1.165, 1.54) is 199 Å². The molecule has 474 valence electrons. The Labute approximate surface area is 496 Å². The van der Waals surface area contributed by atoms with Gasteiger partial charge in [-0.2, -0.15) is 0 Å². The standard InChI is InChI=1S/C69H126O12/c1-4-7-10-13-16-19-22-25-28-30-31-33-36-39-42-45-48-51-54-57-63(72)80-67-65(74)64(73)66(68(75)76)81-69(67)78-59-60(79-62(71)56-53-50-47-44-41-38-34-27-24-21-18-15-12-9-6-3)58-77-61(70)55-52-49-46-43-40-37-35-32-29-26-23-20-17-14-11-8-5-2/h26-27,29,34,60,64-67,69,73-74H,4-25,28,30-33,35-59H2,1-3H3,(H,75,76)/b29-26-,34-27-. The maximum atomic E-state index is 13.2. The molecule has 0 bridgehead atoms. The van der Waals surface area contributed by atoms with E-state index < -0.39 is 67.3 Å². The molecule has 0 radical (unpaired) electrons. The third-order valence-corrected chi connectivity index (χ3v) is 16.0. The molecule has 1 saturated heterocycles. The van der Waals surface area contributed by atoms with Gasteiger partial charge in [0, 0.05) is 19.3 Å². The van der Waals surface area contributed by atoms with Gasteiger partial charge < -0.3 is 39.0 Å². The number of carbonyl (C=O) groups excluding carboxylic acids is 3. The van der Waals surface area contributed by atoms with Crippen LogP contribution in [0.3, 0.4) is 0 Å². The van der Waals surface area contributed by atoms with Gasteiger partial charge >= 0.3 is 23.9 Å². The van der Waals surface area contributed by atoms with Crippen LogP contribution in [0.2, 0.25) is 0 Å². The van der Waals surface area contributed by atoms with Crippen molar-refractivity contribution in [1.82, 2.24) is 0 Å². The largest absolute Gasteiger partial charge is 0.479 e. The smallest absolute Gasteiger partial charge is 0.335 e. The highest BCUT2D eigenvalue weighted by molar-refractivity contribution is 5.74. The van der Waals surface area contributed by atoms with E-state index in [0.717, 1.165) is 83.5 Å². The van der Waals surface area contributed by atoms with E-state index in [-0.39, 0.29) is 25.9 Å². The van der Waals surface area contributed by atoms with Crippen LogP contribution in [0.1, 0.15) is 342 Å². The van der Waals surface area contributed by atoms with E-state index in [4.69, 9.17) is 23.7 Å². The minimum absolute atomic E-state index is 0.0665. The average molecular weight is 1150 g/mol. The molecule has 0 aromatic heterocycles. The van der Waals surface area contributed by atoms with E-state index in [1.807, 2.05) is 0 Å². The van der Waals surface area contributed by atoms with Gasteiger partial charge in [-0.25, -0.2) is 4.79 Å². The number of ether oxygens (including phenoxy) is 5. The van der Waals surface area contributed by atoms with E-state index in [9.17, 15) is 34.5 Å². The molecule has 1 fully saturated rings. The summed E-state index contributed by atoms with van der Waals surface area (Å²) in [7, 11) is 0. The van der Waals surface area contributed by atoms with Crippen molar-refractivity contribution in [3.8, 4) is 0 Å². The second kappa shape index (κ2) is 57.6. The van der Waals surface area contributed by atoms with Crippen LogP contribution in [0.25, 0.3) is 0 Å². The van der Waals surface area contributed by atoms with Crippen LogP contribution in [0, 0.1) is 0 Å². The van der Waals surface area contributed by atoms with E-state index >= 15 is 0 Å². The van der Waals surface area contributed by atoms with Crippen molar-refractivity contribution < 1.29 is 58.2 Å². The van der Waals surface area contributed by atoms with Gasteiger partial charge in [0.2, 0.25) is 0 Å². The van der Waals surface area contributed by atoms with Gasteiger partial charge in [0.1, 0.15) is 18.8 Å². The van der Waals surface area contributed by atoms with Gasteiger partial charge in [-0.1, -0.05) is 276 Å². The molecule has 1 heterocycles. The molecule has 6 atom stereocenters. The SMILES string of the molecule is CCCCCCCC/C=C\CCCCCCCCCC(=O)OCC(COC1OC(C(=O)O)C(O)C(O)C1OC(=O)CCCCCCCCCCCCCCCCCCCCC)OC(=O)CCCCCCC/C=C\CCCCCCCC. The van der Waals surface area contributed by atoms with Crippen LogP contribution in [-0.2, 0) is 42.9 Å². The molecule has 3 N–H and O–H groups in total. The fraction of sp³-hybridized carbons (Fsp3) is 0.884. The molecule has 12 heteroatoms. The van der Waals surface area contributed by atoms with Crippen molar-refractivity contribution in [3.05, 3.63) is 24.3 Å². The Morgan fingerprint density at radius 3 is 1.05 bits per heavy atom. The first-order valence-electron chi connectivity index (χ1n) is 34.3. The molecule has 0 amide bonds. The molecular weight excluding hydrogens is 1020 g/mol. The predicted octanol–water partition coefficient (Wildman–Crippen LogP) is 18.6. The minimum Gasteiger partial charge on any atom is -0.479 e. The van der Waals surface area contributed by atoms with E-state index in [0.29, 0.717) is 19.3 Å². The van der Waals surface area contributed by atoms with Crippen molar-refractivity contribution in [2.24, 2.45) is 0 Å². The summed E-state index contributed by atoms with van der Waals surface area (Å²) >= 11 is 0. The molecular formula is C69H126O12. The Kier molecular flexibility index (Phi) is 54.2. The Balaban J connectivity index is 2.62. The second-order valence-electron chi connectivity index (χ2n) is 23.8. The normalized spacial score (nSPS) is 17.8. The van der Waals surface area contributed by atoms with Crippen LogP contribution in [0.5, 0.6) is 0 Å². The van der Waals surface area contributed by atoms with Gasteiger partial charge in [-0.15, -0.1) is 0 Å². The third kappa shape index (κ3) is 47.2. The lowest BCUT2D eigenvalue weighted by atomic mass is 9.98. The Morgan fingerprint density at radius 2 is 0.704 bits per heavy atom. The fourth-order valence-corrected chi connectivity index (χ4v) is 10.7. The van der Waals surface area contributed by atoms with Gasteiger partial charge in [-0.05, 0) is 70.6 Å². The third-order valence-electron chi connectivity index (χ3n) is 16.0. The molecule has 6 unspecified atom stereocenters. The Hall–Kier alpha value is -2.80. The maximum Gasteiger partial charge on any atom is 0.335 e. The van der Waals surface area contributed by atoms with E-state index in [1.54, 1.807) is 0 Å². The van der Waals surface area contributed by atoms with Crippen LogP contribution >= 0.6 is 0 Å². The molecule has 0 aliphatic carbocycles. The number of rotatable bonds is 60. The quantitative estimate of drug-likeness (QED) is 0.0228. The summed E-state index contributed by atoms with van der Waals surface area (Å²) in [5, 5.41) is 31.6. The molecule has 1 aliphatic heterocycles. The number of carbonyl (C=O) groups is 4. The summed E-state index contributed by atoms with van der Waals surface area (Å²) in [4.78, 5) is 51.4. The summed E-state index contributed by atoms with van der Waals surface area (Å²) in [5.41, 5.74) is 0. The van der Waals surface area contributed by atoms with Gasteiger partial charge in [0.25, 0.3) is 0 Å². The first kappa shape index (κ1) is 76.2. The highest BCUT2D eigenvalue weighted by Crippen LogP contribution is 2.27. The highest BCUT2D eigenvalue weighted by atomic mass is 16.7. The Morgan fingerprint density at radius 1 is 0.395 bits per heavy atom. The van der Waals surface area contributed by atoms with Crippen LogP contribution in [0.15, 0.2) is 24.3 Å². The van der Waals surface area contributed by atoms with Crippen molar-refractivity contribution in [1.29, 1.82) is 0 Å². The molecule has 0 saturated carbocycles. The number of hydrogen-bond donors (Lipinski definition) is 3. The number of aliphatic hydroxyl groups is 2. The number of esters is 3. The lowest BCUT2D eigenvalue weighted by Crippen LogP contribution is -2.61. The molecule has 1 aliphatic rings. The molecule has 81 heavy (non-hydrogen) atoms. The summed E-state index contributed by atoms with van der Waals surface area (Å²) < 4.78 is 28.6. The Bertz CT molecular complexity index is 1500. The lowest BCUT2D eigenvalue weighted by Gasteiger charge is -2.40. The molecule has 0 aromatic carbocycles. The topological polar surface area (TPSA) is 175 Å². The number of hydrogen-bond acceptors (Lipinski definition) is 11. The van der Waals surface area contributed by atoms with Gasteiger partial charge in [0.15, 0.2) is 24.6 Å². The zero-order chi connectivity index (χ0) is 58.9. The minimum atomic E-state index is -1.90. The first-order valence-corrected chi connectivity index (χ1v) is 34.3. The van der Waals surface area contributed by atoms with Crippen LogP contribution in [-0.4, -0.2) is 89.2 Å². The zero-order valence-corrected chi connectivity index (χ0v) is 52.6. The highest BCUT2D eigenvalue weighted by Gasteiger charge is 2.50. The lowest BCUT2D eigenvalue weighted by molar-refractivity contribution is -0.301. The van der Waals surface area contributed by atoms with Crippen molar-refractivity contribution in [3.63, 3.8) is 0 Å². The number of allylic oxidation sites excluding steroid dienone is 4. The molecule has 0 aromatic rings. The van der Waals surface area contributed by atoms with Crippen LogP contribution < -0.4 is 0 Å². The van der Waals surface area contributed by atoms with Crippen molar-refractivity contribution in [2.45, 2.75) is 379 Å². The molecule has 12 nitrogen and oxygen atoms in total. The van der Waals surface area contributed by atoms with Crippen LogP contribution in [0.4, 0.5) is 0 Å². The van der Waals surface area contributed by atoms with E-state index in [2.05, 4.69) is 45.1 Å². The first-order chi connectivity index (χ1) is 39.6. The maximum absolute atomic E-state index is 13.2. The monoisotopic (exact) mass is 1150 g/mol. The number of carboxylic acid groups (broad SMARTS) is 1. The zero-order valence-electron chi connectivity index (χ0n) is 52.6. The summed E-state index contributed by atoms with van der Waals surface area (Å²) in [6, 6.07) is 0. The summed E-state index contributed by atoms with van der Waals surface area (Å²) in [5.74, 6) is -3.09.